The Morgan fingerprint density at radius 3 is 2.48 bits per heavy atom. The molecule has 3 aromatic rings. The molecule has 0 radical (unpaired) electrons. The number of carbonyl (C=O) groups excluding carboxylic acids is 2. The van der Waals surface area contributed by atoms with Gasteiger partial charge in [-0.2, -0.15) is 0 Å². The van der Waals surface area contributed by atoms with Gasteiger partial charge in [0.1, 0.15) is 5.65 Å². The van der Waals surface area contributed by atoms with E-state index in [0.717, 1.165) is 55.7 Å². The first-order valence-corrected chi connectivity index (χ1v) is 11.9. The fourth-order valence-electron chi connectivity index (χ4n) is 4.59. The van der Waals surface area contributed by atoms with Gasteiger partial charge in [-0.15, -0.1) is 0 Å². The highest BCUT2D eigenvalue weighted by atomic mass is 16.2. The summed E-state index contributed by atoms with van der Waals surface area (Å²) >= 11 is 0. The summed E-state index contributed by atoms with van der Waals surface area (Å²) in [6, 6.07) is 11.8. The zero-order valence-electron chi connectivity index (χ0n) is 19.5. The highest BCUT2D eigenvalue weighted by Gasteiger charge is 2.27. The first-order chi connectivity index (χ1) is 16.1. The molecule has 0 bridgehead atoms. The van der Waals surface area contributed by atoms with Crippen LogP contribution in [-0.4, -0.2) is 39.3 Å². The van der Waals surface area contributed by atoms with Crippen molar-refractivity contribution < 1.29 is 9.59 Å². The maximum absolute atomic E-state index is 12.6. The molecule has 0 unspecified atom stereocenters. The zero-order chi connectivity index (χ0) is 23.2. The molecule has 0 saturated carbocycles. The predicted molar refractivity (Wildman–Crippen MR) is 130 cm³/mol. The third kappa shape index (κ3) is 5.53. The van der Waals surface area contributed by atoms with E-state index in [1.807, 2.05) is 46.0 Å². The Labute approximate surface area is 195 Å². The average molecular weight is 448 g/mol. The van der Waals surface area contributed by atoms with Gasteiger partial charge in [0.2, 0.25) is 5.91 Å². The SMILES string of the molecule is CCC(CC)C(=O)N1CCC(c2ccc(NC(=O)NCc3ccn4ccnc4c3)cc2)CC1. The minimum absolute atomic E-state index is 0.159. The van der Waals surface area contributed by atoms with Crippen molar-refractivity contribution >= 4 is 23.3 Å². The number of urea groups is 1. The van der Waals surface area contributed by atoms with Gasteiger partial charge < -0.3 is 19.9 Å². The minimum Gasteiger partial charge on any atom is -0.342 e. The topological polar surface area (TPSA) is 78.7 Å². The number of nitrogens with one attached hydrogen (secondary N) is 2. The first kappa shape index (κ1) is 22.8. The van der Waals surface area contributed by atoms with E-state index in [-0.39, 0.29) is 11.9 Å². The van der Waals surface area contributed by atoms with Gasteiger partial charge in [0.05, 0.1) is 0 Å². The number of likely N-dealkylation sites (tertiary alicyclic amines) is 1. The number of hydrogen-bond donors (Lipinski definition) is 2. The number of aromatic nitrogens is 2. The summed E-state index contributed by atoms with van der Waals surface area (Å²) in [5.41, 5.74) is 3.88. The Balaban J connectivity index is 1.25. The number of amides is 3. The number of pyridine rings is 1. The van der Waals surface area contributed by atoms with Crippen LogP contribution in [0, 0.1) is 5.92 Å². The average Bonchev–Trinajstić information content (AvgIpc) is 3.32. The van der Waals surface area contributed by atoms with Crippen molar-refractivity contribution in [2.24, 2.45) is 5.92 Å². The van der Waals surface area contributed by atoms with Crippen LogP contribution in [0.1, 0.15) is 56.6 Å². The molecule has 1 fully saturated rings. The maximum atomic E-state index is 12.6. The Hall–Kier alpha value is -3.35. The number of piperidine rings is 1. The molecular weight excluding hydrogens is 414 g/mol. The second-order valence-corrected chi connectivity index (χ2v) is 8.77. The van der Waals surface area contributed by atoms with Gasteiger partial charge in [-0.1, -0.05) is 26.0 Å². The molecule has 0 aliphatic carbocycles. The smallest absolute Gasteiger partial charge is 0.319 e. The van der Waals surface area contributed by atoms with Gasteiger partial charge in [0.25, 0.3) is 0 Å². The number of imidazole rings is 1. The number of anilines is 1. The molecule has 7 heteroatoms. The number of hydrogen-bond acceptors (Lipinski definition) is 3. The van der Waals surface area contributed by atoms with Crippen molar-refractivity contribution in [1.82, 2.24) is 19.6 Å². The van der Waals surface area contributed by atoms with E-state index in [2.05, 4.69) is 41.6 Å². The van der Waals surface area contributed by atoms with E-state index in [4.69, 9.17) is 0 Å². The second kappa shape index (κ2) is 10.5. The molecule has 0 spiro atoms. The predicted octanol–water partition coefficient (Wildman–Crippen LogP) is 4.80. The summed E-state index contributed by atoms with van der Waals surface area (Å²) < 4.78 is 1.93. The molecule has 2 aromatic heterocycles. The molecule has 7 nitrogen and oxygen atoms in total. The summed E-state index contributed by atoms with van der Waals surface area (Å²) in [7, 11) is 0. The molecule has 3 heterocycles. The van der Waals surface area contributed by atoms with Crippen molar-refractivity contribution in [3.05, 3.63) is 66.1 Å². The Kier molecular flexibility index (Phi) is 7.27. The van der Waals surface area contributed by atoms with Gasteiger partial charge >= 0.3 is 6.03 Å². The number of carbonyl (C=O) groups is 2. The molecule has 2 N–H and O–H groups in total. The lowest BCUT2D eigenvalue weighted by Gasteiger charge is -2.34. The van der Waals surface area contributed by atoms with Crippen LogP contribution in [0.5, 0.6) is 0 Å². The molecule has 3 amide bonds. The molecule has 1 aliphatic heterocycles. The quantitative estimate of drug-likeness (QED) is 0.546. The zero-order valence-corrected chi connectivity index (χ0v) is 19.5. The van der Waals surface area contributed by atoms with Crippen LogP contribution in [0.15, 0.2) is 55.0 Å². The summed E-state index contributed by atoms with van der Waals surface area (Å²) in [6.45, 7) is 6.27. The summed E-state index contributed by atoms with van der Waals surface area (Å²) in [4.78, 5) is 31.2. The van der Waals surface area contributed by atoms with Crippen LogP contribution in [0.4, 0.5) is 10.5 Å². The molecule has 4 rings (SSSR count). The maximum Gasteiger partial charge on any atom is 0.319 e. The van der Waals surface area contributed by atoms with Crippen LogP contribution in [0.25, 0.3) is 5.65 Å². The third-order valence-corrected chi connectivity index (χ3v) is 6.70. The molecule has 33 heavy (non-hydrogen) atoms. The highest BCUT2D eigenvalue weighted by molar-refractivity contribution is 5.89. The van der Waals surface area contributed by atoms with Gasteiger partial charge in [-0.05, 0) is 67.0 Å². The number of rotatable bonds is 7. The monoisotopic (exact) mass is 447 g/mol. The Bertz CT molecular complexity index is 1080. The van der Waals surface area contributed by atoms with Gasteiger partial charge in [0.15, 0.2) is 0 Å². The highest BCUT2D eigenvalue weighted by Crippen LogP contribution is 2.30. The van der Waals surface area contributed by atoms with Crippen molar-refractivity contribution in [2.45, 2.75) is 52.0 Å². The second-order valence-electron chi connectivity index (χ2n) is 8.77. The minimum atomic E-state index is -0.237. The van der Waals surface area contributed by atoms with E-state index >= 15 is 0 Å². The van der Waals surface area contributed by atoms with E-state index in [1.165, 1.54) is 5.56 Å². The standard InChI is InChI=1S/C26H33N5O2/c1-3-20(4-2)25(32)31-14-10-22(11-15-31)21-5-7-23(8-6-21)29-26(33)28-18-19-9-13-30-16-12-27-24(30)17-19/h5-9,12-13,16-17,20,22H,3-4,10-11,14-15,18H2,1-2H3,(H2,28,29,33). The summed E-state index contributed by atoms with van der Waals surface area (Å²) in [5.74, 6) is 0.927. The Morgan fingerprint density at radius 2 is 1.79 bits per heavy atom. The first-order valence-electron chi connectivity index (χ1n) is 11.9. The molecule has 1 aromatic carbocycles. The van der Waals surface area contributed by atoms with E-state index in [1.54, 1.807) is 6.20 Å². The summed E-state index contributed by atoms with van der Waals surface area (Å²) in [5, 5.41) is 5.79. The van der Waals surface area contributed by atoms with Gasteiger partial charge in [-0.25, -0.2) is 9.78 Å². The van der Waals surface area contributed by atoms with Gasteiger partial charge in [0, 0.05) is 49.8 Å². The van der Waals surface area contributed by atoms with Crippen molar-refractivity contribution in [1.29, 1.82) is 0 Å². The van der Waals surface area contributed by atoms with Crippen molar-refractivity contribution in [2.75, 3.05) is 18.4 Å². The summed E-state index contributed by atoms with van der Waals surface area (Å²) in [6.07, 6.45) is 9.37. The van der Waals surface area contributed by atoms with Crippen LogP contribution in [0.2, 0.25) is 0 Å². The Morgan fingerprint density at radius 1 is 1.06 bits per heavy atom. The normalized spacial score (nSPS) is 14.6. The van der Waals surface area contributed by atoms with Crippen LogP contribution in [-0.2, 0) is 11.3 Å². The van der Waals surface area contributed by atoms with E-state index in [0.29, 0.717) is 18.4 Å². The molecule has 1 saturated heterocycles. The van der Waals surface area contributed by atoms with E-state index < -0.39 is 0 Å². The van der Waals surface area contributed by atoms with E-state index in [9.17, 15) is 9.59 Å². The fraction of sp³-hybridized carbons (Fsp3) is 0.423. The lowest BCUT2D eigenvalue weighted by molar-refractivity contribution is -0.136. The lowest BCUT2D eigenvalue weighted by atomic mass is 9.88. The number of benzene rings is 1. The molecule has 1 aliphatic rings. The molecule has 174 valence electrons. The van der Waals surface area contributed by atoms with Gasteiger partial charge in [-0.3, -0.25) is 4.79 Å². The lowest BCUT2D eigenvalue weighted by Crippen LogP contribution is -2.41. The van der Waals surface area contributed by atoms with Crippen LogP contribution >= 0.6 is 0 Å². The largest absolute Gasteiger partial charge is 0.342 e. The molecular formula is C26H33N5O2. The molecule has 0 atom stereocenters. The van der Waals surface area contributed by atoms with Crippen LogP contribution < -0.4 is 10.6 Å². The fourth-order valence-corrected chi connectivity index (χ4v) is 4.59. The number of fused-ring (bicyclic) bond motifs is 1. The third-order valence-electron chi connectivity index (χ3n) is 6.70. The van der Waals surface area contributed by atoms with Crippen molar-refractivity contribution in [3.63, 3.8) is 0 Å². The number of nitrogens with zero attached hydrogens (tertiary/aromatic N) is 3. The van der Waals surface area contributed by atoms with Crippen LogP contribution in [0.3, 0.4) is 0 Å². The van der Waals surface area contributed by atoms with Crippen molar-refractivity contribution in [3.8, 4) is 0 Å².